The highest BCUT2D eigenvalue weighted by Gasteiger charge is 2.26. The van der Waals surface area contributed by atoms with Crippen molar-refractivity contribution in [2.45, 2.75) is 97.9 Å². The summed E-state index contributed by atoms with van der Waals surface area (Å²) in [5, 5.41) is 24.2. The van der Waals surface area contributed by atoms with Crippen molar-refractivity contribution in [1.82, 2.24) is 33.4 Å². The van der Waals surface area contributed by atoms with Gasteiger partial charge in [-0.3, -0.25) is 9.88 Å². The molecule has 9 aromatic rings. The van der Waals surface area contributed by atoms with Crippen LogP contribution in [0.1, 0.15) is 80.7 Å². The first kappa shape index (κ1) is 48.3. The van der Waals surface area contributed by atoms with Crippen LogP contribution in [0.3, 0.4) is 0 Å². The maximum Gasteiger partial charge on any atom is 0.0969 e. The van der Waals surface area contributed by atoms with Gasteiger partial charge < -0.3 is 33.7 Å². The third-order valence-corrected chi connectivity index (χ3v) is 15.3. The van der Waals surface area contributed by atoms with Gasteiger partial charge >= 0.3 is 0 Å². The largest absolute Gasteiger partial charge is 0.387 e. The van der Waals surface area contributed by atoms with Gasteiger partial charge in [-0.05, 0) is 93.0 Å². The molecule has 0 spiro atoms. The van der Waals surface area contributed by atoms with Gasteiger partial charge in [0, 0.05) is 116 Å². The van der Waals surface area contributed by atoms with E-state index < -0.39 is 12.2 Å². The van der Waals surface area contributed by atoms with Gasteiger partial charge in [0.05, 0.1) is 36.3 Å². The van der Waals surface area contributed by atoms with Crippen LogP contribution in [0.2, 0.25) is 0 Å². The number of likely N-dealkylation sites (N-methyl/N-ethyl adjacent to an activating group) is 3. The Bertz CT molecular complexity index is 3220. The number of aromatic nitrogens is 4. The van der Waals surface area contributed by atoms with E-state index in [1.54, 1.807) is 0 Å². The van der Waals surface area contributed by atoms with Crippen LogP contribution in [0.15, 0.2) is 146 Å². The molecule has 2 N–H and O–H groups in total. The van der Waals surface area contributed by atoms with Crippen molar-refractivity contribution in [2.24, 2.45) is 0 Å². The molecule has 0 amide bonds. The Morgan fingerprint density at radius 3 is 1.55 bits per heavy atom. The molecule has 9 heteroatoms. The monoisotopic (exact) mass is 946 g/mol. The number of aryl methyl sites for hydroxylation is 4. The molecular formula is C62H71N7O2. The van der Waals surface area contributed by atoms with Crippen LogP contribution in [-0.4, -0.2) is 83.9 Å². The number of aliphatic hydroxyl groups excluding tert-OH is 2. The fraction of sp³-hybridized carbons (Fsp3) is 0.339. The first-order valence-corrected chi connectivity index (χ1v) is 25.9. The maximum atomic E-state index is 10.8. The second-order valence-electron chi connectivity index (χ2n) is 20.2. The Morgan fingerprint density at radius 1 is 0.507 bits per heavy atom. The highest BCUT2D eigenvalue weighted by molar-refractivity contribution is 5.87. The van der Waals surface area contributed by atoms with Crippen LogP contribution in [-0.2, 0) is 65.0 Å². The summed E-state index contributed by atoms with van der Waals surface area (Å²) in [6.45, 7) is 16.0. The normalized spacial score (nSPS) is 15.9. The second kappa shape index (κ2) is 21.6. The molecule has 7 heterocycles. The minimum Gasteiger partial charge on any atom is -0.387 e. The molecule has 366 valence electrons. The highest BCUT2D eigenvalue weighted by Crippen LogP contribution is 2.35. The van der Waals surface area contributed by atoms with Gasteiger partial charge in [0.15, 0.2) is 0 Å². The molecule has 0 saturated carbocycles. The number of para-hydroxylation sites is 2. The Hall–Kier alpha value is -6.33. The number of nitrogens with zero attached hydrogens (tertiary/aromatic N) is 7. The fourth-order valence-corrected chi connectivity index (χ4v) is 11.3. The van der Waals surface area contributed by atoms with Gasteiger partial charge in [0.1, 0.15) is 0 Å². The van der Waals surface area contributed by atoms with E-state index in [2.05, 4.69) is 184 Å². The van der Waals surface area contributed by atoms with E-state index in [9.17, 15) is 10.2 Å². The summed E-state index contributed by atoms with van der Waals surface area (Å²) >= 11 is 0. The highest BCUT2D eigenvalue weighted by atomic mass is 16.3. The van der Waals surface area contributed by atoms with Crippen molar-refractivity contribution >= 4 is 32.8 Å². The van der Waals surface area contributed by atoms with E-state index in [0.717, 1.165) is 89.2 Å². The standard InChI is InChI=1S/C22H26N2O.C21H24N2O.C19H21N3/c1-3-23-13-12-21-19(14-23)18-6-4-5-7-20(18)24(21)15-22(25)17-10-8-16(2)9-11-17;1-15-7-9-16(10-8-15)21(24)14-23-19-6-4-3-5-17(19)18-13-22(2)12-11-20(18)23;1-21-12-10-17-16(14-21)19-18(8-5-11-20-19)22(17)13-9-15-6-3-2-4-7-15/h4-11,22,25H,3,12-15H2,1-2H3;3-10,21,24H,11-14H2,1-2H3;2-8,11H,9-10,12-14H2,1H3. The van der Waals surface area contributed by atoms with E-state index in [4.69, 9.17) is 0 Å². The van der Waals surface area contributed by atoms with Crippen molar-refractivity contribution in [3.63, 3.8) is 0 Å². The average molecular weight is 946 g/mol. The molecule has 0 aliphatic carbocycles. The molecular weight excluding hydrogens is 875 g/mol. The minimum absolute atomic E-state index is 0.481. The van der Waals surface area contributed by atoms with Gasteiger partial charge in [-0.15, -0.1) is 0 Å². The van der Waals surface area contributed by atoms with E-state index >= 15 is 0 Å². The van der Waals surface area contributed by atoms with E-state index in [-0.39, 0.29) is 0 Å². The predicted octanol–water partition coefficient (Wildman–Crippen LogP) is 11.0. The van der Waals surface area contributed by atoms with Crippen LogP contribution in [0.4, 0.5) is 0 Å². The number of hydrogen-bond acceptors (Lipinski definition) is 6. The zero-order valence-electron chi connectivity index (χ0n) is 42.4. The van der Waals surface area contributed by atoms with E-state index in [1.165, 1.54) is 83.3 Å². The molecule has 4 aromatic heterocycles. The number of hydrogen-bond donors (Lipinski definition) is 2. The fourth-order valence-electron chi connectivity index (χ4n) is 11.3. The van der Waals surface area contributed by atoms with E-state index in [0.29, 0.717) is 13.1 Å². The lowest BCUT2D eigenvalue weighted by molar-refractivity contribution is 0.155. The lowest BCUT2D eigenvalue weighted by Gasteiger charge is -2.27. The molecule has 0 radical (unpaired) electrons. The predicted molar refractivity (Wildman–Crippen MR) is 291 cm³/mol. The summed E-state index contributed by atoms with van der Waals surface area (Å²) < 4.78 is 7.18. The second-order valence-corrected chi connectivity index (χ2v) is 20.2. The number of aliphatic hydroxyl groups is 2. The molecule has 0 bridgehead atoms. The van der Waals surface area contributed by atoms with Gasteiger partial charge in [0.25, 0.3) is 0 Å². The summed E-state index contributed by atoms with van der Waals surface area (Å²) in [6.07, 6.45) is 5.24. The quantitative estimate of drug-likeness (QED) is 0.142. The minimum atomic E-state index is -0.482. The number of pyridine rings is 1. The first-order chi connectivity index (χ1) is 34.6. The zero-order chi connectivity index (χ0) is 49.0. The van der Waals surface area contributed by atoms with E-state index in [1.807, 2.05) is 30.5 Å². The molecule has 2 unspecified atom stereocenters. The molecule has 9 nitrogen and oxygen atoms in total. The van der Waals surface area contributed by atoms with Gasteiger partial charge in [0.2, 0.25) is 0 Å². The van der Waals surface area contributed by atoms with Crippen molar-refractivity contribution in [1.29, 1.82) is 0 Å². The summed E-state index contributed by atoms with van der Waals surface area (Å²) in [5.41, 5.74) is 19.4. The van der Waals surface area contributed by atoms with Crippen molar-refractivity contribution < 1.29 is 10.2 Å². The van der Waals surface area contributed by atoms with Crippen molar-refractivity contribution in [2.75, 3.05) is 40.3 Å². The Kier molecular flexibility index (Phi) is 14.7. The molecule has 3 aliphatic rings. The number of fused-ring (bicyclic) bond motifs is 9. The molecule has 0 fully saturated rings. The lowest BCUT2D eigenvalue weighted by atomic mass is 10.0. The SMILES string of the molecule is CCN1CCc2c(c3ccccc3n2CC(O)c2ccc(C)cc2)C1.CN1CCc2c(c3ncccc3n2CCc2ccccc2)C1.Cc1ccc(C(O)Cn2c3c(c4ccccc42)CN(C)CC3)cc1. The zero-order valence-corrected chi connectivity index (χ0v) is 42.4. The maximum absolute atomic E-state index is 10.8. The van der Waals surface area contributed by atoms with Gasteiger partial charge in [-0.2, -0.15) is 0 Å². The smallest absolute Gasteiger partial charge is 0.0969 e. The molecule has 12 rings (SSSR count). The molecule has 71 heavy (non-hydrogen) atoms. The van der Waals surface area contributed by atoms with Crippen LogP contribution in [0.25, 0.3) is 32.8 Å². The molecule has 0 saturated heterocycles. The number of rotatable bonds is 10. The van der Waals surface area contributed by atoms with Crippen molar-refractivity contribution in [3.05, 3.63) is 207 Å². The van der Waals surface area contributed by atoms with Crippen LogP contribution >= 0.6 is 0 Å². The van der Waals surface area contributed by atoms with Crippen LogP contribution < -0.4 is 0 Å². The summed E-state index contributed by atoms with van der Waals surface area (Å²) in [6, 6.07) is 48.6. The molecule has 2 atom stereocenters. The van der Waals surface area contributed by atoms with Crippen molar-refractivity contribution in [3.8, 4) is 0 Å². The average Bonchev–Trinajstić information content (AvgIpc) is 4.00. The molecule has 5 aromatic carbocycles. The third kappa shape index (κ3) is 10.4. The number of benzene rings is 5. The topological polar surface area (TPSA) is 77.9 Å². The Morgan fingerprint density at radius 2 is 0.986 bits per heavy atom. The Labute approximate surface area is 420 Å². The Balaban J connectivity index is 0.000000123. The van der Waals surface area contributed by atoms with Gasteiger partial charge in [-0.25, -0.2) is 0 Å². The first-order valence-electron chi connectivity index (χ1n) is 25.9. The van der Waals surface area contributed by atoms with Gasteiger partial charge in [-0.1, -0.05) is 133 Å². The molecule has 3 aliphatic heterocycles. The summed E-state index contributed by atoms with van der Waals surface area (Å²) in [7, 11) is 4.37. The lowest BCUT2D eigenvalue weighted by Crippen LogP contribution is -2.31. The summed E-state index contributed by atoms with van der Waals surface area (Å²) in [5.74, 6) is 0. The third-order valence-electron chi connectivity index (χ3n) is 15.3. The van der Waals surface area contributed by atoms with Crippen LogP contribution in [0.5, 0.6) is 0 Å². The van der Waals surface area contributed by atoms with Crippen LogP contribution in [0, 0.1) is 13.8 Å². The summed E-state index contributed by atoms with van der Waals surface area (Å²) in [4.78, 5) is 11.9.